The molecule has 1 fully saturated rings. The standard InChI is InChI=1S/C9H13NO2/c1-7-6-12-9(11)8(7)10-4-2-3-5-10/h2-6H2,1H3. The molecule has 3 heteroatoms. The SMILES string of the molecule is CC1=C(N2CCCC2)C(=O)OC1. The molecule has 3 nitrogen and oxygen atoms in total. The second-order valence-electron chi connectivity index (χ2n) is 3.40. The number of esters is 1. The van der Waals surface area contributed by atoms with Crippen LogP contribution in [0, 0.1) is 0 Å². The number of carbonyl (C=O) groups excluding carboxylic acids is 1. The fraction of sp³-hybridized carbons (Fsp3) is 0.667. The van der Waals surface area contributed by atoms with E-state index in [9.17, 15) is 4.79 Å². The first kappa shape index (κ1) is 7.65. The van der Waals surface area contributed by atoms with Gasteiger partial charge >= 0.3 is 5.97 Å². The number of cyclic esters (lactones) is 1. The molecule has 0 saturated carbocycles. The van der Waals surface area contributed by atoms with E-state index < -0.39 is 0 Å². The lowest BCUT2D eigenvalue weighted by Crippen LogP contribution is -2.23. The molecule has 2 heterocycles. The zero-order valence-corrected chi connectivity index (χ0v) is 7.30. The summed E-state index contributed by atoms with van der Waals surface area (Å²) in [7, 11) is 0. The van der Waals surface area contributed by atoms with Crippen LogP contribution < -0.4 is 0 Å². The Labute approximate surface area is 72.0 Å². The molecule has 66 valence electrons. The highest BCUT2D eigenvalue weighted by molar-refractivity contribution is 5.91. The van der Waals surface area contributed by atoms with Crippen LogP contribution in [-0.2, 0) is 9.53 Å². The molecule has 0 aliphatic carbocycles. The molecule has 0 N–H and O–H groups in total. The first-order valence-electron chi connectivity index (χ1n) is 4.41. The summed E-state index contributed by atoms with van der Waals surface area (Å²) < 4.78 is 4.94. The molecular weight excluding hydrogens is 154 g/mol. The summed E-state index contributed by atoms with van der Waals surface area (Å²) in [6, 6.07) is 0. The van der Waals surface area contributed by atoms with Crippen molar-refractivity contribution in [3.8, 4) is 0 Å². The second-order valence-corrected chi connectivity index (χ2v) is 3.40. The van der Waals surface area contributed by atoms with Gasteiger partial charge in [-0.1, -0.05) is 0 Å². The largest absolute Gasteiger partial charge is 0.456 e. The molecule has 2 aliphatic heterocycles. The third kappa shape index (κ3) is 1.09. The molecule has 12 heavy (non-hydrogen) atoms. The molecule has 0 aromatic carbocycles. The Bertz CT molecular complexity index is 239. The van der Waals surface area contributed by atoms with Gasteiger partial charge in [0.15, 0.2) is 0 Å². The first-order valence-corrected chi connectivity index (χ1v) is 4.41. The highest BCUT2D eigenvalue weighted by atomic mass is 16.5. The highest BCUT2D eigenvalue weighted by Crippen LogP contribution is 2.23. The van der Waals surface area contributed by atoms with Crippen LogP contribution in [0.25, 0.3) is 0 Å². The van der Waals surface area contributed by atoms with E-state index in [1.807, 2.05) is 6.92 Å². The number of hydrogen-bond donors (Lipinski definition) is 0. The van der Waals surface area contributed by atoms with Crippen molar-refractivity contribution in [2.45, 2.75) is 19.8 Å². The van der Waals surface area contributed by atoms with Gasteiger partial charge in [0.2, 0.25) is 0 Å². The van der Waals surface area contributed by atoms with Crippen LogP contribution in [0.1, 0.15) is 19.8 Å². The van der Waals surface area contributed by atoms with Crippen LogP contribution in [0.2, 0.25) is 0 Å². The van der Waals surface area contributed by atoms with Crippen molar-refractivity contribution in [3.05, 3.63) is 11.3 Å². The maximum Gasteiger partial charge on any atom is 0.355 e. The highest BCUT2D eigenvalue weighted by Gasteiger charge is 2.28. The van der Waals surface area contributed by atoms with Gasteiger partial charge in [0.1, 0.15) is 12.3 Å². The van der Waals surface area contributed by atoms with E-state index in [1.165, 1.54) is 12.8 Å². The average molecular weight is 167 g/mol. The van der Waals surface area contributed by atoms with Crippen LogP contribution in [-0.4, -0.2) is 30.6 Å². The molecule has 0 spiro atoms. The molecule has 2 rings (SSSR count). The van der Waals surface area contributed by atoms with Crippen molar-refractivity contribution >= 4 is 5.97 Å². The van der Waals surface area contributed by atoms with Gasteiger partial charge in [-0.05, 0) is 25.3 Å². The number of ether oxygens (including phenoxy) is 1. The minimum absolute atomic E-state index is 0.130. The van der Waals surface area contributed by atoms with E-state index in [1.54, 1.807) is 0 Å². The predicted octanol–water partition coefficient (Wildman–Crippen LogP) is 0.913. The van der Waals surface area contributed by atoms with Crippen molar-refractivity contribution in [3.63, 3.8) is 0 Å². The maximum atomic E-state index is 11.2. The van der Waals surface area contributed by atoms with Gasteiger partial charge in [-0.25, -0.2) is 4.79 Å². The predicted molar refractivity (Wildman–Crippen MR) is 44.5 cm³/mol. The monoisotopic (exact) mass is 167 g/mol. The summed E-state index contributed by atoms with van der Waals surface area (Å²) in [6.45, 7) is 4.49. The van der Waals surface area contributed by atoms with E-state index in [-0.39, 0.29) is 5.97 Å². The number of carbonyl (C=O) groups is 1. The van der Waals surface area contributed by atoms with E-state index in [2.05, 4.69) is 4.90 Å². The number of nitrogens with zero attached hydrogens (tertiary/aromatic N) is 1. The molecule has 2 aliphatic rings. The third-order valence-corrected chi connectivity index (χ3v) is 2.44. The lowest BCUT2D eigenvalue weighted by Gasteiger charge is -2.16. The van der Waals surface area contributed by atoms with Crippen LogP contribution in [0.15, 0.2) is 11.3 Å². The van der Waals surface area contributed by atoms with Crippen molar-refractivity contribution < 1.29 is 9.53 Å². The summed E-state index contributed by atoms with van der Waals surface area (Å²) >= 11 is 0. The third-order valence-electron chi connectivity index (χ3n) is 2.44. The smallest absolute Gasteiger partial charge is 0.355 e. The molecular formula is C9H13NO2. The maximum absolute atomic E-state index is 11.2. The van der Waals surface area contributed by atoms with Gasteiger partial charge in [0, 0.05) is 13.1 Å². The fourth-order valence-electron chi connectivity index (χ4n) is 1.82. The van der Waals surface area contributed by atoms with E-state index in [4.69, 9.17) is 4.74 Å². The topological polar surface area (TPSA) is 29.5 Å². The summed E-state index contributed by atoms with van der Waals surface area (Å²) in [5, 5.41) is 0. The second kappa shape index (κ2) is 2.81. The molecule has 0 atom stereocenters. The summed E-state index contributed by atoms with van der Waals surface area (Å²) in [5.74, 6) is -0.130. The molecule has 0 aromatic rings. The van der Waals surface area contributed by atoms with Crippen LogP contribution in [0.4, 0.5) is 0 Å². The molecule has 0 aromatic heterocycles. The summed E-state index contributed by atoms with van der Waals surface area (Å²) in [6.07, 6.45) is 2.40. The zero-order valence-electron chi connectivity index (χ0n) is 7.30. The Hall–Kier alpha value is -0.990. The molecule has 1 saturated heterocycles. The van der Waals surface area contributed by atoms with Gasteiger partial charge in [-0.3, -0.25) is 0 Å². The quantitative estimate of drug-likeness (QED) is 0.544. The van der Waals surface area contributed by atoms with Crippen LogP contribution in [0.3, 0.4) is 0 Å². The zero-order chi connectivity index (χ0) is 8.55. The van der Waals surface area contributed by atoms with Gasteiger partial charge in [-0.15, -0.1) is 0 Å². The first-order chi connectivity index (χ1) is 5.79. The van der Waals surface area contributed by atoms with Crippen LogP contribution >= 0.6 is 0 Å². The van der Waals surface area contributed by atoms with Gasteiger partial charge in [0.05, 0.1) is 0 Å². The number of rotatable bonds is 1. The van der Waals surface area contributed by atoms with E-state index >= 15 is 0 Å². The van der Waals surface area contributed by atoms with Crippen LogP contribution in [0.5, 0.6) is 0 Å². The fourth-order valence-corrected chi connectivity index (χ4v) is 1.82. The number of likely N-dealkylation sites (tertiary alicyclic amines) is 1. The Morgan fingerprint density at radius 2 is 2.00 bits per heavy atom. The molecule has 0 bridgehead atoms. The van der Waals surface area contributed by atoms with Gasteiger partial charge in [-0.2, -0.15) is 0 Å². The van der Waals surface area contributed by atoms with E-state index in [0.717, 1.165) is 24.4 Å². The lowest BCUT2D eigenvalue weighted by atomic mass is 10.2. The van der Waals surface area contributed by atoms with Gasteiger partial charge < -0.3 is 9.64 Å². The minimum atomic E-state index is -0.130. The van der Waals surface area contributed by atoms with Crippen molar-refractivity contribution in [2.24, 2.45) is 0 Å². The Balaban J connectivity index is 2.19. The summed E-state index contributed by atoms with van der Waals surface area (Å²) in [5.41, 5.74) is 1.91. The summed E-state index contributed by atoms with van der Waals surface area (Å²) in [4.78, 5) is 13.4. The van der Waals surface area contributed by atoms with Crippen molar-refractivity contribution in [1.82, 2.24) is 4.90 Å². The Kier molecular flexibility index (Phi) is 1.79. The minimum Gasteiger partial charge on any atom is -0.456 e. The molecule has 0 amide bonds. The molecule has 0 unspecified atom stereocenters. The van der Waals surface area contributed by atoms with Gasteiger partial charge in [0.25, 0.3) is 0 Å². The Morgan fingerprint density at radius 1 is 1.33 bits per heavy atom. The van der Waals surface area contributed by atoms with Crippen molar-refractivity contribution in [1.29, 1.82) is 0 Å². The average Bonchev–Trinajstić information content (AvgIpc) is 2.61. The number of hydrogen-bond acceptors (Lipinski definition) is 3. The molecule has 0 radical (unpaired) electrons. The Morgan fingerprint density at radius 3 is 2.50 bits per heavy atom. The normalized spacial score (nSPS) is 23.8. The van der Waals surface area contributed by atoms with Crippen molar-refractivity contribution in [2.75, 3.05) is 19.7 Å². The van der Waals surface area contributed by atoms with E-state index in [0.29, 0.717) is 6.61 Å². The lowest BCUT2D eigenvalue weighted by molar-refractivity contribution is -0.137.